The number of hydrogen-bond acceptors (Lipinski definition) is 9. The lowest BCUT2D eigenvalue weighted by Gasteiger charge is -2.24. The summed E-state index contributed by atoms with van der Waals surface area (Å²) >= 11 is 1.45. The van der Waals surface area contributed by atoms with E-state index < -0.39 is 78.5 Å². The fourth-order valence-corrected chi connectivity index (χ4v) is 3.03. The van der Waals surface area contributed by atoms with Crippen molar-refractivity contribution < 1.29 is 43.8 Å². The molecule has 0 fully saturated rings. The summed E-state index contributed by atoms with van der Waals surface area (Å²) < 4.78 is 0. The van der Waals surface area contributed by atoms with Crippen LogP contribution in [-0.4, -0.2) is 87.9 Å². The third-order valence-electron chi connectivity index (χ3n) is 4.31. The van der Waals surface area contributed by atoms with E-state index in [-0.39, 0.29) is 12.8 Å². The first-order valence-corrected chi connectivity index (χ1v) is 11.3. The van der Waals surface area contributed by atoms with E-state index in [9.17, 15) is 33.6 Å². The van der Waals surface area contributed by atoms with Gasteiger partial charge in [-0.05, 0) is 24.9 Å². The highest BCUT2D eigenvalue weighted by Gasteiger charge is 2.32. The smallest absolute Gasteiger partial charge is 0.326 e. The van der Waals surface area contributed by atoms with Crippen LogP contribution in [0.25, 0.3) is 0 Å². The number of aliphatic carboxylic acids is 2. The van der Waals surface area contributed by atoms with Crippen LogP contribution in [0.4, 0.5) is 0 Å². The van der Waals surface area contributed by atoms with Crippen molar-refractivity contribution in [1.29, 1.82) is 0 Å². The van der Waals surface area contributed by atoms with Gasteiger partial charge in [0.15, 0.2) is 0 Å². The molecule has 0 aliphatic heterocycles. The minimum atomic E-state index is -1.85. The van der Waals surface area contributed by atoms with E-state index in [0.717, 1.165) is 0 Å². The second kappa shape index (κ2) is 15.4. The van der Waals surface area contributed by atoms with Gasteiger partial charge < -0.3 is 43.4 Å². The Hall–Kier alpha value is -3.40. The van der Waals surface area contributed by atoms with Crippen LogP contribution in [0.15, 0.2) is 0 Å². The van der Waals surface area contributed by atoms with E-state index in [1.54, 1.807) is 0 Å². The zero-order valence-corrected chi connectivity index (χ0v) is 19.3. The number of carboxylic acid groups (broad SMARTS) is 2. The van der Waals surface area contributed by atoms with Crippen molar-refractivity contribution in [3.05, 3.63) is 0 Å². The van der Waals surface area contributed by atoms with Gasteiger partial charge in [-0.3, -0.25) is 28.8 Å². The number of nitrogens with two attached hydrogens (primary N) is 3. The molecular weight excluding hydrogens is 476 g/mol. The van der Waals surface area contributed by atoms with E-state index in [2.05, 4.69) is 10.6 Å². The summed E-state index contributed by atoms with van der Waals surface area (Å²) in [4.78, 5) is 82.1. The van der Waals surface area contributed by atoms with Gasteiger partial charge in [0.25, 0.3) is 0 Å². The van der Waals surface area contributed by atoms with E-state index >= 15 is 0 Å². The Balaban J connectivity index is 5.56. The molecule has 0 aromatic heterocycles. The molecule has 0 aromatic carbocycles. The summed E-state index contributed by atoms with van der Waals surface area (Å²) in [6, 6.07) is -5.89. The van der Waals surface area contributed by atoms with Gasteiger partial charge in [0.1, 0.15) is 18.1 Å². The fraction of sp³-hybridized carbons (Fsp3) is 0.611. The Morgan fingerprint density at radius 3 is 1.76 bits per heavy atom. The first kappa shape index (κ1) is 30.6. The summed E-state index contributed by atoms with van der Waals surface area (Å²) in [6.07, 6.45) is -0.202. The van der Waals surface area contributed by atoms with Crippen LogP contribution in [0.1, 0.15) is 32.1 Å². The molecule has 34 heavy (non-hydrogen) atoms. The highest BCUT2D eigenvalue weighted by atomic mass is 32.2. The molecule has 0 aliphatic rings. The van der Waals surface area contributed by atoms with Crippen molar-refractivity contribution in [3.8, 4) is 0 Å². The normalized spacial score (nSPS) is 14.1. The van der Waals surface area contributed by atoms with E-state index in [4.69, 9.17) is 27.4 Å². The summed E-state index contributed by atoms with van der Waals surface area (Å²) in [5.41, 5.74) is 16.0. The third kappa shape index (κ3) is 12.6. The monoisotopic (exact) mass is 506 g/mol. The molecule has 0 bridgehead atoms. The minimum Gasteiger partial charge on any atom is -0.481 e. The number of carboxylic acids is 2. The number of hydrogen-bond donors (Lipinski definition) is 8. The number of thioether (sulfide) groups is 1. The minimum absolute atomic E-state index is 0.260. The quantitative estimate of drug-likeness (QED) is 0.0947. The standard InChI is InChI=1S/C18H30N6O9S/c1-34-5-4-8(19)15(29)22-9(2-3-12(20)25)16(30)23-10(6-13(21)26)17(31)24-11(18(32)33)7-14(27)28/h8-11H,2-7,19H2,1H3,(H2,20,25)(H2,21,26)(H,22,29)(H,23,30)(H,24,31)(H,27,28)(H,32,33). The summed E-state index contributed by atoms with van der Waals surface area (Å²) in [7, 11) is 0. The van der Waals surface area contributed by atoms with Crippen LogP contribution < -0.4 is 33.2 Å². The number of amides is 5. The van der Waals surface area contributed by atoms with E-state index in [0.29, 0.717) is 12.2 Å². The molecule has 5 amide bonds. The fourth-order valence-electron chi connectivity index (χ4n) is 2.54. The maximum atomic E-state index is 12.8. The lowest BCUT2D eigenvalue weighted by molar-refractivity contribution is -0.147. The van der Waals surface area contributed by atoms with Crippen LogP contribution in [0.2, 0.25) is 0 Å². The molecule has 0 spiro atoms. The van der Waals surface area contributed by atoms with E-state index in [1.807, 2.05) is 11.6 Å². The molecule has 0 radical (unpaired) electrons. The van der Waals surface area contributed by atoms with Crippen molar-refractivity contribution >= 4 is 53.2 Å². The number of primary amides is 2. The van der Waals surface area contributed by atoms with Gasteiger partial charge >= 0.3 is 11.9 Å². The molecule has 0 aliphatic carbocycles. The second-order valence-corrected chi connectivity index (χ2v) is 8.17. The van der Waals surface area contributed by atoms with Gasteiger partial charge in [-0.2, -0.15) is 11.8 Å². The molecule has 4 unspecified atom stereocenters. The first-order valence-electron chi connectivity index (χ1n) is 9.95. The second-order valence-electron chi connectivity index (χ2n) is 7.18. The number of carbonyl (C=O) groups is 7. The summed E-state index contributed by atoms with van der Waals surface area (Å²) in [5.74, 6) is -7.33. The van der Waals surface area contributed by atoms with Crippen molar-refractivity contribution in [2.24, 2.45) is 17.2 Å². The van der Waals surface area contributed by atoms with Gasteiger partial charge in [0.2, 0.25) is 29.5 Å². The molecule has 0 aromatic rings. The number of rotatable bonds is 17. The van der Waals surface area contributed by atoms with Crippen molar-refractivity contribution in [3.63, 3.8) is 0 Å². The first-order chi connectivity index (χ1) is 15.8. The SMILES string of the molecule is CSCCC(N)C(=O)NC(CCC(N)=O)C(=O)NC(CC(N)=O)C(=O)NC(CC(=O)O)C(=O)O. The molecule has 0 rings (SSSR count). The number of nitrogens with one attached hydrogen (secondary N) is 3. The number of carbonyl (C=O) groups excluding carboxylic acids is 5. The molecular formula is C18H30N6O9S. The largest absolute Gasteiger partial charge is 0.481 e. The average molecular weight is 507 g/mol. The third-order valence-corrected chi connectivity index (χ3v) is 4.96. The Bertz CT molecular complexity index is 794. The Morgan fingerprint density at radius 2 is 1.29 bits per heavy atom. The molecule has 0 saturated carbocycles. The Kier molecular flexibility index (Phi) is 13.9. The molecule has 0 heterocycles. The van der Waals surface area contributed by atoms with Crippen LogP contribution >= 0.6 is 11.8 Å². The van der Waals surface area contributed by atoms with Gasteiger partial charge in [0, 0.05) is 6.42 Å². The maximum Gasteiger partial charge on any atom is 0.326 e. The maximum absolute atomic E-state index is 12.8. The molecule has 15 nitrogen and oxygen atoms in total. The summed E-state index contributed by atoms with van der Waals surface area (Å²) in [6.45, 7) is 0. The predicted octanol–water partition coefficient (Wildman–Crippen LogP) is -3.78. The van der Waals surface area contributed by atoms with E-state index in [1.165, 1.54) is 11.8 Å². The van der Waals surface area contributed by atoms with Crippen LogP contribution in [-0.2, 0) is 33.6 Å². The van der Waals surface area contributed by atoms with Crippen LogP contribution in [0.5, 0.6) is 0 Å². The van der Waals surface area contributed by atoms with Gasteiger partial charge in [-0.1, -0.05) is 0 Å². The topological polar surface area (TPSA) is 274 Å². The van der Waals surface area contributed by atoms with Crippen molar-refractivity contribution in [1.82, 2.24) is 16.0 Å². The average Bonchev–Trinajstić information content (AvgIpc) is 2.72. The van der Waals surface area contributed by atoms with Gasteiger partial charge in [0.05, 0.1) is 18.9 Å². The predicted molar refractivity (Wildman–Crippen MR) is 119 cm³/mol. The summed E-state index contributed by atoms with van der Waals surface area (Å²) in [5, 5.41) is 24.3. The van der Waals surface area contributed by atoms with Crippen molar-refractivity contribution in [2.45, 2.75) is 56.3 Å². The molecule has 16 heteroatoms. The highest BCUT2D eigenvalue weighted by molar-refractivity contribution is 7.98. The lowest BCUT2D eigenvalue weighted by atomic mass is 10.1. The molecule has 192 valence electrons. The molecule has 0 saturated heterocycles. The van der Waals surface area contributed by atoms with Crippen molar-refractivity contribution in [2.75, 3.05) is 12.0 Å². The van der Waals surface area contributed by atoms with Crippen LogP contribution in [0.3, 0.4) is 0 Å². The Labute approximate surface area is 198 Å². The molecule has 11 N–H and O–H groups in total. The molecule has 4 atom stereocenters. The lowest BCUT2D eigenvalue weighted by Crippen LogP contribution is -2.58. The van der Waals surface area contributed by atoms with Gasteiger partial charge in [-0.15, -0.1) is 0 Å². The zero-order valence-electron chi connectivity index (χ0n) is 18.4. The highest BCUT2D eigenvalue weighted by Crippen LogP contribution is 2.04. The zero-order chi connectivity index (χ0) is 26.4. The van der Waals surface area contributed by atoms with Gasteiger partial charge in [-0.25, -0.2) is 4.79 Å². The van der Waals surface area contributed by atoms with Crippen LogP contribution in [0, 0.1) is 0 Å². The Morgan fingerprint density at radius 1 is 0.765 bits per heavy atom.